The Bertz CT molecular complexity index is 1280. The van der Waals surface area contributed by atoms with Crippen molar-refractivity contribution in [3.05, 3.63) is 59.7 Å². The van der Waals surface area contributed by atoms with Gasteiger partial charge in [0, 0.05) is 55.5 Å². The zero-order valence-corrected chi connectivity index (χ0v) is 25.7. The van der Waals surface area contributed by atoms with Crippen molar-refractivity contribution < 1.29 is 24.3 Å². The van der Waals surface area contributed by atoms with Gasteiger partial charge in [0.1, 0.15) is 0 Å². The summed E-state index contributed by atoms with van der Waals surface area (Å²) in [5.74, 6) is -0.435. The van der Waals surface area contributed by atoms with Gasteiger partial charge in [-0.05, 0) is 62.8 Å². The standard InChI is InChI=1S/C34H45N5O5/c1-2-37(34(44)35-26-13-7-4-8-14-26)23-30(40)29(19-24-11-5-3-6-12-24)36-33(43)25-20-27(38-17-9-15-31(38)41)22-28(21-25)39-18-10-16-32(39)42/h3,5-6,11-12,20-22,26,29-30,40H,2,4,7-10,13-19,23H2,1H3,(H,35,44)(H,36,43)/t29-,30-/m0/s1. The van der Waals surface area contributed by atoms with Crippen LogP contribution in [0.2, 0.25) is 0 Å². The lowest BCUT2D eigenvalue weighted by Gasteiger charge is -2.32. The van der Waals surface area contributed by atoms with Gasteiger partial charge in [-0.25, -0.2) is 4.79 Å². The van der Waals surface area contributed by atoms with Gasteiger partial charge in [-0.2, -0.15) is 0 Å². The molecule has 10 nitrogen and oxygen atoms in total. The van der Waals surface area contributed by atoms with Crippen molar-refractivity contribution >= 4 is 35.1 Å². The van der Waals surface area contributed by atoms with Crippen LogP contribution < -0.4 is 20.4 Å². The van der Waals surface area contributed by atoms with Gasteiger partial charge < -0.3 is 30.4 Å². The monoisotopic (exact) mass is 603 g/mol. The summed E-state index contributed by atoms with van der Waals surface area (Å²) < 4.78 is 0. The Labute approximate surface area is 259 Å². The number of amides is 5. The summed E-state index contributed by atoms with van der Waals surface area (Å²) in [6, 6.07) is 14.0. The van der Waals surface area contributed by atoms with Crippen LogP contribution in [0.15, 0.2) is 48.5 Å². The number of urea groups is 1. The van der Waals surface area contributed by atoms with Crippen molar-refractivity contribution in [1.29, 1.82) is 0 Å². The maximum Gasteiger partial charge on any atom is 0.317 e. The third kappa shape index (κ3) is 7.77. The lowest BCUT2D eigenvalue weighted by atomic mass is 9.96. The van der Waals surface area contributed by atoms with Crippen molar-refractivity contribution in [2.24, 2.45) is 0 Å². The molecular formula is C34H45N5O5. The molecule has 10 heteroatoms. The molecule has 2 aliphatic heterocycles. The number of aliphatic hydroxyl groups excluding tert-OH is 1. The van der Waals surface area contributed by atoms with Crippen LogP contribution in [0.25, 0.3) is 0 Å². The van der Waals surface area contributed by atoms with E-state index < -0.39 is 18.1 Å². The molecule has 2 saturated heterocycles. The Morgan fingerprint density at radius 2 is 1.52 bits per heavy atom. The topological polar surface area (TPSA) is 122 Å². The number of hydrogen-bond acceptors (Lipinski definition) is 5. The Morgan fingerprint density at radius 3 is 2.07 bits per heavy atom. The highest BCUT2D eigenvalue weighted by Gasteiger charge is 2.30. The highest BCUT2D eigenvalue weighted by molar-refractivity contribution is 6.03. The van der Waals surface area contributed by atoms with Crippen LogP contribution in [-0.2, 0) is 16.0 Å². The molecule has 3 N–H and O–H groups in total. The first-order valence-electron chi connectivity index (χ1n) is 16.2. The molecule has 5 amide bonds. The van der Waals surface area contributed by atoms with E-state index in [0.717, 1.165) is 44.1 Å². The van der Waals surface area contributed by atoms with E-state index in [1.807, 2.05) is 43.3 Å². The SMILES string of the molecule is CCN(C[C@H](O)[C@H](Cc1ccccc1)NC(=O)c1cc(N2CCCC2=O)cc(N2CCCC2=O)c1)C(=O)NC1CCCCC1. The van der Waals surface area contributed by atoms with E-state index in [9.17, 15) is 24.3 Å². The molecule has 3 aliphatic rings. The molecule has 1 saturated carbocycles. The number of aliphatic hydroxyl groups is 1. The number of nitrogens with one attached hydrogen (secondary N) is 2. The highest BCUT2D eigenvalue weighted by atomic mass is 16.3. The van der Waals surface area contributed by atoms with Crippen molar-refractivity contribution in [2.45, 2.75) is 89.3 Å². The first kappa shape index (κ1) is 31.5. The second-order valence-electron chi connectivity index (χ2n) is 12.2. The van der Waals surface area contributed by atoms with Gasteiger partial charge in [0.25, 0.3) is 5.91 Å². The fraction of sp³-hybridized carbons (Fsp3) is 0.529. The Hall–Kier alpha value is -3.92. The summed E-state index contributed by atoms with van der Waals surface area (Å²) >= 11 is 0. The Kier molecular flexibility index (Phi) is 10.5. The molecule has 2 aromatic carbocycles. The molecule has 5 rings (SSSR count). The fourth-order valence-corrected chi connectivity index (χ4v) is 6.50. The highest BCUT2D eigenvalue weighted by Crippen LogP contribution is 2.31. The summed E-state index contributed by atoms with van der Waals surface area (Å²) in [5, 5.41) is 17.7. The molecule has 0 bridgehead atoms. The number of carbonyl (C=O) groups excluding carboxylic acids is 4. The normalized spacial score (nSPS) is 18.8. The number of hydrogen-bond donors (Lipinski definition) is 3. The van der Waals surface area contributed by atoms with E-state index in [1.165, 1.54) is 6.42 Å². The number of nitrogens with zero attached hydrogens (tertiary/aromatic N) is 3. The van der Waals surface area contributed by atoms with Crippen LogP contribution in [0.1, 0.15) is 80.6 Å². The lowest BCUT2D eigenvalue weighted by molar-refractivity contribution is -0.117. The number of benzene rings is 2. The number of anilines is 2. The molecule has 3 fully saturated rings. The Morgan fingerprint density at radius 1 is 0.909 bits per heavy atom. The van der Waals surface area contributed by atoms with Crippen LogP contribution in [0.4, 0.5) is 16.2 Å². The Balaban J connectivity index is 1.37. The van der Waals surface area contributed by atoms with Crippen LogP contribution in [0.5, 0.6) is 0 Å². The predicted molar refractivity (Wildman–Crippen MR) is 170 cm³/mol. The van der Waals surface area contributed by atoms with Crippen molar-refractivity contribution in [3.8, 4) is 0 Å². The average molecular weight is 604 g/mol. The van der Waals surface area contributed by atoms with Crippen LogP contribution in [0.3, 0.4) is 0 Å². The maximum atomic E-state index is 13.9. The molecule has 0 spiro atoms. The van der Waals surface area contributed by atoms with E-state index in [4.69, 9.17) is 0 Å². The van der Waals surface area contributed by atoms with Crippen LogP contribution >= 0.6 is 0 Å². The van der Waals surface area contributed by atoms with Gasteiger partial charge >= 0.3 is 6.03 Å². The van der Waals surface area contributed by atoms with Crippen LogP contribution in [0, 0.1) is 0 Å². The van der Waals surface area contributed by atoms with Gasteiger partial charge in [-0.15, -0.1) is 0 Å². The molecule has 236 valence electrons. The molecule has 44 heavy (non-hydrogen) atoms. The average Bonchev–Trinajstić information content (AvgIpc) is 3.67. The number of rotatable bonds is 11. The molecule has 0 unspecified atom stereocenters. The van der Waals surface area contributed by atoms with E-state index in [0.29, 0.717) is 55.8 Å². The quantitative estimate of drug-likeness (QED) is 0.358. The molecule has 0 radical (unpaired) electrons. The minimum absolute atomic E-state index is 0.00945. The molecular weight excluding hydrogens is 558 g/mol. The van der Waals surface area contributed by atoms with Crippen LogP contribution in [-0.4, -0.2) is 78.1 Å². The lowest BCUT2D eigenvalue weighted by Crippen LogP contribution is -2.53. The van der Waals surface area contributed by atoms with E-state index >= 15 is 0 Å². The minimum atomic E-state index is -1.04. The third-order valence-electron chi connectivity index (χ3n) is 9.02. The van der Waals surface area contributed by atoms with E-state index in [-0.39, 0.29) is 30.4 Å². The van der Waals surface area contributed by atoms with E-state index in [1.54, 1.807) is 26.8 Å². The van der Waals surface area contributed by atoms with Crippen molar-refractivity contribution in [2.75, 3.05) is 36.0 Å². The predicted octanol–water partition coefficient (Wildman–Crippen LogP) is 4.01. The fourth-order valence-electron chi connectivity index (χ4n) is 6.50. The van der Waals surface area contributed by atoms with Gasteiger partial charge in [-0.1, -0.05) is 49.6 Å². The third-order valence-corrected chi connectivity index (χ3v) is 9.02. The van der Waals surface area contributed by atoms with E-state index in [2.05, 4.69) is 10.6 Å². The first-order chi connectivity index (χ1) is 21.3. The summed E-state index contributed by atoms with van der Waals surface area (Å²) in [4.78, 5) is 57.2. The first-order valence-corrected chi connectivity index (χ1v) is 16.2. The summed E-state index contributed by atoms with van der Waals surface area (Å²) in [6.45, 7) is 3.47. The van der Waals surface area contributed by atoms with Gasteiger partial charge in [0.05, 0.1) is 18.7 Å². The smallest absolute Gasteiger partial charge is 0.317 e. The van der Waals surface area contributed by atoms with Gasteiger partial charge in [-0.3, -0.25) is 14.4 Å². The summed E-state index contributed by atoms with van der Waals surface area (Å²) in [5.41, 5.74) is 2.42. The summed E-state index contributed by atoms with van der Waals surface area (Å²) in [7, 11) is 0. The summed E-state index contributed by atoms with van der Waals surface area (Å²) in [6.07, 6.45) is 7.01. The van der Waals surface area contributed by atoms with Crippen molar-refractivity contribution in [3.63, 3.8) is 0 Å². The van der Waals surface area contributed by atoms with Gasteiger partial charge in [0.2, 0.25) is 11.8 Å². The number of likely N-dealkylation sites (N-methyl/N-ethyl adjacent to an activating group) is 1. The zero-order valence-electron chi connectivity index (χ0n) is 25.7. The molecule has 2 atom stereocenters. The largest absolute Gasteiger partial charge is 0.389 e. The van der Waals surface area contributed by atoms with Gasteiger partial charge in [0.15, 0.2) is 0 Å². The minimum Gasteiger partial charge on any atom is -0.389 e. The maximum absolute atomic E-state index is 13.9. The molecule has 1 aliphatic carbocycles. The zero-order chi connectivity index (χ0) is 31.1. The second-order valence-corrected chi connectivity index (χ2v) is 12.2. The molecule has 0 aromatic heterocycles. The molecule has 2 aromatic rings. The second kappa shape index (κ2) is 14.7. The molecule has 2 heterocycles. The van der Waals surface area contributed by atoms with Crippen molar-refractivity contribution in [1.82, 2.24) is 15.5 Å². The number of carbonyl (C=O) groups is 4.